The van der Waals surface area contributed by atoms with Crippen LogP contribution in [-0.4, -0.2) is 47.8 Å². The molecule has 1 unspecified atom stereocenters. The molecule has 0 radical (unpaired) electrons. The van der Waals surface area contributed by atoms with E-state index in [0.717, 1.165) is 16.5 Å². The first-order chi connectivity index (χ1) is 14.3. The van der Waals surface area contributed by atoms with Crippen LogP contribution in [0.1, 0.15) is 29.4 Å². The van der Waals surface area contributed by atoms with Crippen LogP contribution < -0.4 is 4.90 Å². The first kappa shape index (κ1) is 21.0. The van der Waals surface area contributed by atoms with E-state index in [1.165, 1.54) is 22.7 Å². The summed E-state index contributed by atoms with van der Waals surface area (Å²) < 4.78 is 32.2. The highest BCUT2D eigenvalue weighted by Gasteiger charge is 2.34. The average molecular weight is 443 g/mol. The molecule has 1 fully saturated rings. The maximum absolute atomic E-state index is 13.1. The van der Waals surface area contributed by atoms with Gasteiger partial charge in [0.15, 0.2) is 0 Å². The molecule has 1 atom stereocenters. The van der Waals surface area contributed by atoms with Gasteiger partial charge in [-0.05, 0) is 38.5 Å². The Kier molecular flexibility index (Phi) is 5.90. The number of hydrogen-bond acceptors (Lipinski definition) is 6. The minimum absolute atomic E-state index is 0.144. The van der Waals surface area contributed by atoms with Gasteiger partial charge in [0, 0.05) is 43.6 Å². The summed E-state index contributed by atoms with van der Waals surface area (Å²) in [5.41, 5.74) is 3.47. The molecule has 1 aromatic heterocycles. The monoisotopic (exact) mass is 442 g/mol. The van der Waals surface area contributed by atoms with E-state index in [0.29, 0.717) is 31.0 Å². The molecule has 3 aromatic rings. The third-order valence-corrected chi connectivity index (χ3v) is 8.25. The van der Waals surface area contributed by atoms with Crippen molar-refractivity contribution in [2.24, 2.45) is 0 Å². The van der Waals surface area contributed by atoms with Crippen LogP contribution in [0.3, 0.4) is 0 Å². The largest absolute Gasteiger partial charge is 0.344 e. The van der Waals surface area contributed by atoms with Gasteiger partial charge in [-0.25, -0.2) is 13.4 Å². The van der Waals surface area contributed by atoms with E-state index in [1.54, 1.807) is 16.4 Å². The maximum Gasteiger partial charge on any atom is 0.243 e. The number of aromatic nitrogens is 2. The quantitative estimate of drug-likeness (QED) is 0.603. The van der Waals surface area contributed by atoms with Gasteiger partial charge < -0.3 is 4.90 Å². The molecule has 1 aliphatic heterocycles. The Morgan fingerprint density at radius 3 is 2.27 bits per heavy atom. The van der Waals surface area contributed by atoms with Crippen LogP contribution in [-0.2, 0) is 16.4 Å². The number of hydrogen-bond donors (Lipinski definition) is 0. The molecule has 158 valence electrons. The summed E-state index contributed by atoms with van der Waals surface area (Å²) in [5.74, 6) is 0.807. The van der Waals surface area contributed by atoms with E-state index >= 15 is 0 Å². The fourth-order valence-corrected chi connectivity index (χ4v) is 5.98. The normalized spacial score (nSPS) is 18.0. The highest BCUT2D eigenvalue weighted by Crippen LogP contribution is 2.26. The van der Waals surface area contributed by atoms with Crippen molar-refractivity contribution in [1.29, 1.82) is 0 Å². The SMILES string of the molecule is Cc1ccc(Cc2nsc(N3CCN(S(=O)(=O)c4ccc(C)cc4)C(C)C3)n2)cc1. The molecule has 8 heteroatoms. The summed E-state index contributed by atoms with van der Waals surface area (Å²) in [5, 5.41) is 0.858. The minimum atomic E-state index is -3.50. The number of benzene rings is 2. The zero-order chi connectivity index (χ0) is 21.3. The van der Waals surface area contributed by atoms with Crippen LogP contribution in [0.5, 0.6) is 0 Å². The summed E-state index contributed by atoms with van der Waals surface area (Å²) in [6.07, 6.45) is 0.702. The van der Waals surface area contributed by atoms with Crippen LogP contribution in [0.15, 0.2) is 53.4 Å². The van der Waals surface area contributed by atoms with Crippen LogP contribution in [0, 0.1) is 13.8 Å². The number of rotatable bonds is 5. The zero-order valence-corrected chi connectivity index (χ0v) is 19.1. The summed E-state index contributed by atoms with van der Waals surface area (Å²) in [4.78, 5) is 7.20. The fraction of sp³-hybridized carbons (Fsp3) is 0.364. The Morgan fingerprint density at radius 1 is 1.00 bits per heavy atom. The summed E-state index contributed by atoms with van der Waals surface area (Å²) >= 11 is 1.38. The smallest absolute Gasteiger partial charge is 0.243 e. The summed E-state index contributed by atoms with van der Waals surface area (Å²) in [7, 11) is -3.50. The molecule has 0 amide bonds. The van der Waals surface area contributed by atoms with Crippen LogP contribution in [0.4, 0.5) is 5.13 Å². The molecule has 4 rings (SSSR count). The third-order valence-electron chi connectivity index (χ3n) is 5.40. The van der Waals surface area contributed by atoms with Gasteiger partial charge in [0.25, 0.3) is 0 Å². The van der Waals surface area contributed by atoms with E-state index in [4.69, 9.17) is 4.98 Å². The van der Waals surface area contributed by atoms with E-state index in [2.05, 4.69) is 40.5 Å². The number of sulfonamides is 1. The molecule has 0 aliphatic carbocycles. The molecule has 1 aliphatic rings. The Bertz CT molecular complexity index is 1110. The molecule has 6 nitrogen and oxygen atoms in total. The Hall–Kier alpha value is -2.29. The number of nitrogens with zero attached hydrogens (tertiary/aromatic N) is 4. The number of piperazine rings is 1. The first-order valence-corrected chi connectivity index (χ1v) is 12.3. The molecule has 0 N–H and O–H groups in total. The second-order valence-electron chi connectivity index (χ2n) is 7.88. The second-order valence-corrected chi connectivity index (χ2v) is 10.5. The van der Waals surface area contributed by atoms with Crippen LogP contribution >= 0.6 is 11.5 Å². The van der Waals surface area contributed by atoms with Crippen molar-refractivity contribution < 1.29 is 8.42 Å². The highest BCUT2D eigenvalue weighted by atomic mass is 32.2. The van der Waals surface area contributed by atoms with E-state index < -0.39 is 10.0 Å². The number of anilines is 1. The van der Waals surface area contributed by atoms with Crippen molar-refractivity contribution in [2.45, 2.75) is 38.1 Å². The highest BCUT2D eigenvalue weighted by molar-refractivity contribution is 7.89. The standard InChI is InChI=1S/C22H26N4O2S2/c1-16-4-8-19(9-5-16)14-21-23-22(29-24-21)25-12-13-26(18(3)15-25)30(27,28)20-10-6-17(2)7-11-20/h4-11,18H,12-15H2,1-3H3. The predicted molar refractivity (Wildman–Crippen MR) is 121 cm³/mol. The third kappa shape index (κ3) is 4.40. The van der Waals surface area contributed by atoms with Gasteiger partial charge in [0.1, 0.15) is 5.82 Å². The Labute approximate surface area is 182 Å². The van der Waals surface area contributed by atoms with Crippen LogP contribution in [0.25, 0.3) is 0 Å². The van der Waals surface area contributed by atoms with Crippen LogP contribution in [0.2, 0.25) is 0 Å². The lowest BCUT2D eigenvalue weighted by Crippen LogP contribution is -2.54. The van der Waals surface area contributed by atoms with Crippen molar-refractivity contribution in [3.05, 3.63) is 71.0 Å². The molecule has 0 saturated carbocycles. The average Bonchev–Trinajstić information content (AvgIpc) is 3.18. The van der Waals surface area contributed by atoms with Gasteiger partial charge in [0.05, 0.1) is 4.90 Å². The van der Waals surface area contributed by atoms with E-state index in [-0.39, 0.29) is 6.04 Å². The topological polar surface area (TPSA) is 66.4 Å². The molecule has 0 bridgehead atoms. The minimum Gasteiger partial charge on any atom is -0.344 e. The fourth-order valence-electron chi connectivity index (χ4n) is 3.65. The molecule has 1 saturated heterocycles. The van der Waals surface area contributed by atoms with Gasteiger partial charge in [-0.3, -0.25) is 0 Å². The van der Waals surface area contributed by atoms with Crippen molar-refractivity contribution in [1.82, 2.24) is 13.7 Å². The number of aryl methyl sites for hydroxylation is 2. The maximum atomic E-state index is 13.1. The summed E-state index contributed by atoms with van der Waals surface area (Å²) in [6.45, 7) is 7.62. The van der Waals surface area contributed by atoms with Crippen molar-refractivity contribution in [3.8, 4) is 0 Å². The van der Waals surface area contributed by atoms with Gasteiger partial charge in [0.2, 0.25) is 15.2 Å². The Morgan fingerprint density at radius 2 is 1.63 bits per heavy atom. The second kappa shape index (κ2) is 8.45. The van der Waals surface area contributed by atoms with Gasteiger partial charge >= 0.3 is 0 Å². The Balaban J connectivity index is 1.44. The lowest BCUT2D eigenvalue weighted by molar-refractivity contribution is 0.306. The summed E-state index contributed by atoms with van der Waals surface area (Å²) in [6, 6.07) is 15.3. The van der Waals surface area contributed by atoms with E-state index in [1.807, 2.05) is 26.0 Å². The predicted octanol–water partition coefficient (Wildman–Crippen LogP) is 3.65. The first-order valence-electron chi connectivity index (χ1n) is 10.0. The van der Waals surface area contributed by atoms with Crippen molar-refractivity contribution in [3.63, 3.8) is 0 Å². The van der Waals surface area contributed by atoms with Gasteiger partial charge in [-0.2, -0.15) is 8.68 Å². The molecular weight excluding hydrogens is 416 g/mol. The van der Waals surface area contributed by atoms with Crippen molar-refractivity contribution >= 4 is 26.7 Å². The molecule has 2 aromatic carbocycles. The molecule has 0 spiro atoms. The lowest BCUT2D eigenvalue weighted by atomic mass is 10.1. The molecule has 2 heterocycles. The van der Waals surface area contributed by atoms with Crippen molar-refractivity contribution in [2.75, 3.05) is 24.5 Å². The van der Waals surface area contributed by atoms with E-state index in [9.17, 15) is 8.42 Å². The molecule has 30 heavy (non-hydrogen) atoms. The van der Waals surface area contributed by atoms with Gasteiger partial charge in [-0.1, -0.05) is 47.5 Å². The zero-order valence-electron chi connectivity index (χ0n) is 17.4. The molecular formula is C22H26N4O2S2. The lowest BCUT2D eigenvalue weighted by Gasteiger charge is -2.38. The van der Waals surface area contributed by atoms with Gasteiger partial charge in [-0.15, -0.1) is 0 Å².